The Kier molecular flexibility index (Phi) is 5.08. The van der Waals surface area contributed by atoms with Gasteiger partial charge in [0.2, 0.25) is 0 Å². The normalized spacial score (nSPS) is 10.2. The first-order valence-corrected chi connectivity index (χ1v) is 6.36. The summed E-state index contributed by atoms with van der Waals surface area (Å²) < 4.78 is 7.00. The van der Waals surface area contributed by atoms with Crippen LogP contribution in [0.2, 0.25) is 0 Å². The van der Waals surface area contributed by atoms with E-state index in [0.717, 1.165) is 5.75 Å². The van der Waals surface area contributed by atoms with Gasteiger partial charge in [0.1, 0.15) is 12.4 Å². The number of carbonyl (C=O) groups is 1. The summed E-state index contributed by atoms with van der Waals surface area (Å²) in [5, 5.41) is 10.3. The Labute approximate surface area is 116 Å². The summed E-state index contributed by atoms with van der Waals surface area (Å²) in [5.41, 5.74) is 5.67. The summed E-state index contributed by atoms with van der Waals surface area (Å²) in [7, 11) is 0. The number of aromatic nitrogens is 3. The maximum atomic E-state index is 11.8. The van der Waals surface area contributed by atoms with Crippen molar-refractivity contribution in [1.82, 2.24) is 20.3 Å². The lowest BCUT2D eigenvalue weighted by molar-refractivity contribution is 0.0942. The maximum absolute atomic E-state index is 11.8. The molecule has 2 aromatic rings. The Hall–Kier alpha value is -2.41. The summed E-state index contributed by atoms with van der Waals surface area (Å²) in [5.74, 6) is 0.501. The van der Waals surface area contributed by atoms with Crippen molar-refractivity contribution >= 4 is 5.91 Å². The molecule has 0 aliphatic heterocycles. The first-order valence-electron chi connectivity index (χ1n) is 6.36. The second-order valence-electron chi connectivity index (χ2n) is 4.07. The van der Waals surface area contributed by atoms with E-state index < -0.39 is 0 Å². The summed E-state index contributed by atoms with van der Waals surface area (Å²) >= 11 is 0. The van der Waals surface area contributed by atoms with E-state index in [1.165, 1.54) is 4.68 Å². The highest BCUT2D eigenvalue weighted by molar-refractivity contribution is 5.91. The van der Waals surface area contributed by atoms with E-state index in [2.05, 4.69) is 15.6 Å². The predicted octanol–water partition coefficient (Wildman–Crippen LogP) is 0.0456. The molecule has 2 rings (SSSR count). The van der Waals surface area contributed by atoms with Crippen molar-refractivity contribution in [2.45, 2.75) is 6.54 Å². The van der Waals surface area contributed by atoms with Crippen molar-refractivity contribution < 1.29 is 9.53 Å². The van der Waals surface area contributed by atoms with Gasteiger partial charge in [-0.3, -0.25) is 9.48 Å². The van der Waals surface area contributed by atoms with Gasteiger partial charge in [0, 0.05) is 6.54 Å². The lowest BCUT2D eigenvalue weighted by Crippen LogP contribution is -2.28. The first kappa shape index (κ1) is 14.0. The third-order valence-corrected chi connectivity index (χ3v) is 2.53. The Morgan fingerprint density at radius 3 is 2.90 bits per heavy atom. The SMILES string of the molecule is NCCn1cc(C(=O)NCCOc2ccccc2)nn1. The Morgan fingerprint density at radius 1 is 1.35 bits per heavy atom. The van der Waals surface area contributed by atoms with Crippen LogP contribution in [0, 0.1) is 0 Å². The number of amides is 1. The monoisotopic (exact) mass is 275 g/mol. The van der Waals surface area contributed by atoms with Gasteiger partial charge in [-0.05, 0) is 12.1 Å². The molecule has 20 heavy (non-hydrogen) atoms. The van der Waals surface area contributed by atoms with Crippen LogP contribution in [-0.4, -0.2) is 40.6 Å². The van der Waals surface area contributed by atoms with Crippen molar-refractivity contribution in [3.05, 3.63) is 42.2 Å². The largest absolute Gasteiger partial charge is 0.492 e. The van der Waals surface area contributed by atoms with Crippen molar-refractivity contribution in [2.24, 2.45) is 5.73 Å². The van der Waals surface area contributed by atoms with Gasteiger partial charge in [0.25, 0.3) is 5.91 Å². The highest BCUT2D eigenvalue weighted by Crippen LogP contribution is 2.07. The summed E-state index contributed by atoms with van der Waals surface area (Å²) in [6.07, 6.45) is 1.57. The predicted molar refractivity (Wildman–Crippen MR) is 73.3 cm³/mol. The molecule has 1 aromatic carbocycles. The van der Waals surface area contributed by atoms with Crippen LogP contribution in [0.3, 0.4) is 0 Å². The lowest BCUT2D eigenvalue weighted by Gasteiger charge is -2.06. The van der Waals surface area contributed by atoms with Crippen molar-refractivity contribution in [1.29, 1.82) is 0 Å². The molecule has 7 nitrogen and oxygen atoms in total. The Bertz CT molecular complexity index is 541. The second kappa shape index (κ2) is 7.25. The number of hydrogen-bond acceptors (Lipinski definition) is 5. The lowest BCUT2D eigenvalue weighted by atomic mass is 10.3. The van der Waals surface area contributed by atoms with Gasteiger partial charge in [0.05, 0.1) is 19.3 Å². The standard InChI is InChI=1S/C13H17N5O2/c14-6-8-18-10-12(16-17-18)13(19)15-7-9-20-11-4-2-1-3-5-11/h1-5,10H,6-9,14H2,(H,15,19). The van der Waals surface area contributed by atoms with Crippen LogP contribution in [0.15, 0.2) is 36.5 Å². The number of nitrogens with one attached hydrogen (secondary N) is 1. The zero-order valence-corrected chi connectivity index (χ0v) is 11.0. The number of hydrogen-bond donors (Lipinski definition) is 2. The summed E-state index contributed by atoms with van der Waals surface area (Å²) in [4.78, 5) is 11.8. The van der Waals surface area contributed by atoms with Crippen LogP contribution in [0.4, 0.5) is 0 Å². The second-order valence-corrected chi connectivity index (χ2v) is 4.07. The highest BCUT2D eigenvalue weighted by atomic mass is 16.5. The van der Waals surface area contributed by atoms with Crippen LogP contribution in [0.5, 0.6) is 5.75 Å². The van der Waals surface area contributed by atoms with E-state index in [0.29, 0.717) is 26.2 Å². The highest BCUT2D eigenvalue weighted by Gasteiger charge is 2.09. The molecule has 106 valence electrons. The van der Waals surface area contributed by atoms with E-state index in [1.807, 2.05) is 30.3 Å². The molecule has 0 aliphatic rings. The quantitative estimate of drug-likeness (QED) is 0.696. The van der Waals surface area contributed by atoms with Gasteiger partial charge in [-0.2, -0.15) is 0 Å². The van der Waals surface area contributed by atoms with E-state index in [4.69, 9.17) is 10.5 Å². The van der Waals surface area contributed by atoms with Crippen LogP contribution in [0.1, 0.15) is 10.5 Å². The topological polar surface area (TPSA) is 95.1 Å². The fraction of sp³-hybridized carbons (Fsp3) is 0.308. The van der Waals surface area contributed by atoms with Gasteiger partial charge >= 0.3 is 0 Å². The molecule has 1 amide bonds. The van der Waals surface area contributed by atoms with Gasteiger partial charge in [-0.1, -0.05) is 23.4 Å². The third kappa shape index (κ3) is 4.06. The molecule has 7 heteroatoms. The first-order chi connectivity index (χ1) is 9.79. The number of ether oxygens (including phenoxy) is 1. The minimum atomic E-state index is -0.273. The molecule has 0 radical (unpaired) electrons. The molecule has 1 heterocycles. The fourth-order valence-corrected chi connectivity index (χ4v) is 1.58. The molecule has 0 fully saturated rings. The van der Waals surface area contributed by atoms with Gasteiger partial charge in [-0.25, -0.2) is 0 Å². The van der Waals surface area contributed by atoms with E-state index in [1.54, 1.807) is 6.20 Å². The molecule has 3 N–H and O–H groups in total. The Balaban J connectivity index is 1.72. The molecule has 0 bridgehead atoms. The van der Waals surface area contributed by atoms with Gasteiger partial charge in [-0.15, -0.1) is 5.10 Å². The molecule has 0 saturated carbocycles. The third-order valence-electron chi connectivity index (χ3n) is 2.53. The van der Waals surface area contributed by atoms with Crippen molar-refractivity contribution in [2.75, 3.05) is 19.7 Å². The minimum absolute atomic E-state index is 0.273. The van der Waals surface area contributed by atoms with E-state index in [-0.39, 0.29) is 11.6 Å². The van der Waals surface area contributed by atoms with Crippen LogP contribution >= 0.6 is 0 Å². The zero-order chi connectivity index (χ0) is 14.2. The molecule has 0 spiro atoms. The molecular formula is C13H17N5O2. The van der Waals surface area contributed by atoms with E-state index >= 15 is 0 Å². The maximum Gasteiger partial charge on any atom is 0.273 e. The van der Waals surface area contributed by atoms with Crippen LogP contribution < -0.4 is 15.8 Å². The molecule has 0 unspecified atom stereocenters. The number of benzene rings is 1. The van der Waals surface area contributed by atoms with Crippen molar-refractivity contribution in [3.8, 4) is 5.75 Å². The van der Waals surface area contributed by atoms with Crippen LogP contribution in [-0.2, 0) is 6.54 Å². The van der Waals surface area contributed by atoms with Gasteiger partial charge < -0.3 is 15.8 Å². The summed E-state index contributed by atoms with van der Waals surface area (Å²) in [6.45, 7) is 1.79. The average Bonchev–Trinajstić information content (AvgIpc) is 2.94. The summed E-state index contributed by atoms with van der Waals surface area (Å²) in [6, 6.07) is 9.42. The van der Waals surface area contributed by atoms with Gasteiger partial charge in [0.15, 0.2) is 5.69 Å². The smallest absolute Gasteiger partial charge is 0.273 e. The van der Waals surface area contributed by atoms with Crippen LogP contribution in [0.25, 0.3) is 0 Å². The number of nitrogens with two attached hydrogens (primary N) is 1. The number of nitrogens with zero attached hydrogens (tertiary/aromatic N) is 3. The molecular weight excluding hydrogens is 258 g/mol. The molecule has 0 saturated heterocycles. The number of rotatable bonds is 7. The molecule has 0 aliphatic carbocycles. The number of carbonyl (C=O) groups excluding carboxylic acids is 1. The Morgan fingerprint density at radius 2 is 2.15 bits per heavy atom. The molecule has 1 aromatic heterocycles. The van der Waals surface area contributed by atoms with E-state index in [9.17, 15) is 4.79 Å². The number of para-hydroxylation sites is 1. The minimum Gasteiger partial charge on any atom is -0.492 e. The average molecular weight is 275 g/mol. The fourth-order valence-electron chi connectivity index (χ4n) is 1.58. The molecule has 0 atom stereocenters. The van der Waals surface area contributed by atoms with Crippen molar-refractivity contribution in [3.63, 3.8) is 0 Å². The zero-order valence-electron chi connectivity index (χ0n) is 11.0.